The summed E-state index contributed by atoms with van der Waals surface area (Å²) in [6.45, 7) is 12.2. The van der Waals surface area contributed by atoms with Gasteiger partial charge in [-0.25, -0.2) is 4.98 Å². The van der Waals surface area contributed by atoms with Crippen molar-refractivity contribution in [3.05, 3.63) is 34.7 Å². The monoisotopic (exact) mass is 442 g/mol. The van der Waals surface area contributed by atoms with E-state index in [1.807, 2.05) is 0 Å². The molecule has 0 spiro atoms. The Bertz CT molecular complexity index is 899. The maximum absolute atomic E-state index is 9.09. The third-order valence-corrected chi connectivity index (χ3v) is 8.21. The summed E-state index contributed by atoms with van der Waals surface area (Å²) in [4.78, 5) is 7.43. The average molecular weight is 443 g/mol. The summed E-state index contributed by atoms with van der Waals surface area (Å²) in [6.07, 6.45) is 4.62. The van der Waals surface area contributed by atoms with Crippen molar-refractivity contribution in [1.29, 1.82) is 0 Å². The minimum Gasteiger partial charge on any atom is -0.395 e. The molecule has 4 N–H and O–H groups in total. The molecule has 1 saturated heterocycles. The summed E-state index contributed by atoms with van der Waals surface area (Å²) in [5.74, 6) is 0. The van der Waals surface area contributed by atoms with E-state index in [0.717, 1.165) is 36.8 Å². The van der Waals surface area contributed by atoms with Gasteiger partial charge >= 0.3 is 0 Å². The van der Waals surface area contributed by atoms with E-state index in [2.05, 4.69) is 61.5 Å². The molecule has 0 amide bonds. The number of hydrogen-bond donors (Lipinski definition) is 3. The first kappa shape index (κ1) is 22.7. The highest BCUT2D eigenvalue weighted by Gasteiger charge is 2.37. The van der Waals surface area contributed by atoms with Crippen molar-refractivity contribution < 1.29 is 5.11 Å². The third kappa shape index (κ3) is 4.82. The average Bonchev–Trinajstić information content (AvgIpc) is 3.26. The topological polar surface area (TPSA) is 74.4 Å². The Hall–Kier alpha value is -1.47. The highest BCUT2D eigenvalue weighted by molar-refractivity contribution is 7.14. The van der Waals surface area contributed by atoms with Gasteiger partial charge in [-0.2, -0.15) is 0 Å². The van der Waals surface area contributed by atoms with Crippen LogP contribution >= 0.6 is 11.3 Å². The standard InChI is InChI=1S/C25H38N4OS/c1-24(2)9-10-25(3,4)21-13-17(5-6-20(21)24)22-16-31-23(28-22)29-11-7-19(8-12-29)27-14-18(26)15-30/h5-6,13,16,18-19,27,30H,7-12,14-15,26H2,1-4H3. The Balaban J connectivity index is 1.45. The fourth-order valence-electron chi connectivity index (χ4n) is 4.95. The van der Waals surface area contributed by atoms with Gasteiger partial charge in [0.05, 0.1) is 12.3 Å². The zero-order valence-electron chi connectivity index (χ0n) is 19.4. The van der Waals surface area contributed by atoms with Crippen molar-refractivity contribution in [2.75, 3.05) is 31.1 Å². The van der Waals surface area contributed by atoms with Crippen LogP contribution in [0.4, 0.5) is 5.13 Å². The van der Waals surface area contributed by atoms with Gasteiger partial charge in [-0.05, 0) is 53.7 Å². The first-order chi connectivity index (χ1) is 14.7. The summed E-state index contributed by atoms with van der Waals surface area (Å²) >= 11 is 1.75. The van der Waals surface area contributed by atoms with Crippen LogP contribution in [-0.2, 0) is 10.8 Å². The number of aromatic nitrogens is 1. The molecule has 1 aromatic heterocycles. The molecule has 2 aliphatic rings. The van der Waals surface area contributed by atoms with E-state index in [-0.39, 0.29) is 23.5 Å². The van der Waals surface area contributed by atoms with Crippen molar-refractivity contribution >= 4 is 16.5 Å². The molecule has 2 aromatic rings. The molecule has 5 nitrogen and oxygen atoms in total. The van der Waals surface area contributed by atoms with E-state index < -0.39 is 0 Å². The van der Waals surface area contributed by atoms with E-state index in [4.69, 9.17) is 15.8 Å². The largest absolute Gasteiger partial charge is 0.395 e. The molecule has 0 radical (unpaired) electrons. The molecule has 170 valence electrons. The molecule has 1 aromatic carbocycles. The van der Waals surface area contributed by atoms with E-state index >= 15 is 0 Å². The lowest BCUT2D eigenvalue weighted by Crippen LogP contribution is -2.47. The maximum atomic E-state index is 9.09. The summed E-state index contributed by atoms with van der Waals surface area (Å²) in [7, 11) is 0. The number of nitrogens with two attached hydrogens (primary N) is 1. The minimum absolute atomic E-state index is 0.0328. The predicted octanol–water partition coefficient (Wildman–Crippen LogP) is 4.04. The fraction of sp³-hybridized carbons (Fsp3) is 0.640. The van der Waals surface area contributed by atoms with Gasteiger partial charge in [-0.1, -0.05) is 39.8 Å². The van der Waals surface area contributed by atoms with Crippen molar-refractivity contribution in [3.8, 4) is 11.3 Å². The van der Waals surface area contributed by atoms with Crippen LogP contribution in [0.15, 0.2) is 23.6 Å². The van der Waals surface area contributed by atoms with Crippen LogP contribution in [0.3, 0.4) is 0 Å². The van der Waals surface area contributed by atoms with E-state index in [1.165, 1.54) is 29.5 Å². The van der Waals surface area contributed by atoms with E-state index in [0.29, 0.717) is 12.6 Å². The Labute approximate surface area is 191 Å². The number of piperidine rings is 1. The lowest BCUT2D eigenvalue weighted by atomic mass is 9.63. The van der Waals surface area contributed by atoms with Crippen LogP contribution in [0, 0.1) is 0 Å². The summed E-state index contributed by atoms with van der Waals surface area (Å²) in [5.41, 5.74) is 11.6. The van der Waals surface area contributed by atoms with Gasteiger partial charge in [0.25, 0.3) is 0 Å². The second kappa shape index (κ2) is 8.81. The Kier molecular flexibility index (Phi) is 6.46. The molecule has 1 atom stereocenters. The molecule has 1 fully saturated rings. The highest BCUT2D eigenvalue weighted by atomic mass is 32.1. The summed E-state index contributed by atoms with van der Waals surface area (Å²) in [6, 6.07) is 7.31. The van der Waals surface area contributed by atoms with Crippen molar-refractivity contribution in [3.63, 3.8) is 0 Å². The maximum Gasteiger partial charge on any atom is 0.185 e. The van der Waals surface area contributed by atoms with Crippen LogP contribution in [0.5, 0.6) is 0 Å². The van der Waals surface area contributed by atoms with Crippen LogP contribution in [0.2, 0.25) is 0 Å². The fourth-order valence-corrected chi connectivity index (χ4v) is 5.84. The number of nitrogens with zero attached hydrogens (tertiary/aromatic N) is 2. The molecule has 0 saturated carbocycles. The number of anilines is 1. The van der Waals surface area contributed by atoms with Gasteiger partial charge in [0.1, 0.15) is 0 Å². The second-order valence-electron chi connectivity index (χ2n) is 10.7. The van der Waals surface area contributed by atoms with Gasteiger partial charge in [0.15, 0.2) is 5.13 Å². The molecule has 1 aliphatic carbocycles. The van der Waals surface area contributed by atoms with Gasteiger partial charge in [0, 0.05) is 42.7 Å². The minimum atomic E-state index is -0.174. The van der Waals surface area contributed by atoms with Gasteiger partial charge in [0.2, 0.25) is 0 Å². The quantitative estimate of drug-likeness (QED) is 0.630. The number of rotatable bonds is 6. The molecular formula is C25H38N4OS. The lowest BCUT2D eigenvalue weighted by molar-refractivity contribution is 0.256. The molecule has 6 heteroatoms. The molecule has 4 rings (SSSR count). The van der Waals surface area contributed by atoms with Gasteiger partial charge in [-0.3, -0.25) is 0 Å². The molecule has 1 aliphatic heterocycles. The van der Waals surface area contributed by atoms with Crippen LogP contribution < -0.4 is 16.0 Å². The number of hydrogen-bond acceptors (Lipinski definition) is 6. The number of fused-ring (bicyclic) bond motifs is 1. The summed E-state index contributed by atoms with van der Waals surface area (Å²) in [5, 5.41) is 15.9. The lowest BCUT2D eigenvalue weighted by Gasteiger charge is -2.42. The molecule has 31 heavy (non-hydrogen) atoms. The SMILES string of the molecule is CC1(C)CCC(C)(C)c2cc(-c3csc(N4CCC(NCC(N)CO)CC4)n3)ccc21. The predicted molar refractivity (Wildman–Crippen MR) is 131 cm³/mol. The highest BCUT2D eigenvalue weighted by Crippen LogP contribution is 2.46. The van der Waals surface area contributed by atoms with Crippen LogP contribution in [0.1, 0.15) is 64.5 Å². The molecule has 1 unspecified atom stereocenters. The van der Waals surface area contributed by atoms with Crippen LogP contribution in [-0.4, -0.2) is 48.4 Å². The number of nitrogens with one attached hydrogen (secondary N) is 1. The molecular weight excluding hydrogens is 404 g/mol. The smallest absolute Gasteiger partial charge is 0.185 e. The Morgan fingerprint density at radius 3 is 2.52 bits per heavy atom. The van der Waals surface area contributed by atoms with Gasteiger partial charge < -0.3 is 21.1 Å². The molecule has 0 bridgehead atoms. The van der Waals surface area contributed by atoms with E-state index in [9.17, 15) is 0 Å². The number of thiazole rings is 1. The van der Waals surface area contributed by atoms with Gasteiger partial charge in [-0.15, -0.1) is 11.3 Å². The summed E-state index contributed by atoms with van der Waals surface area (Å²) < 4.78 is 0. The number of aliphatic hydroxyl groups is 1. The third-order valence-electron chi connectivity index (χ3n) is 7.31. The van der Waals surface area contributed by atoms with Crippen LogP contribution in [0.25, 0.3) is 11.3 Å². The van der Waals surface area contributed by atoms with Crippen molar-refractivity contribution in [2.45, 2.75) is 76.3 Å². The number of benzene rings is 1. The Morgan fingerprint density at radius 1 is 1.16 bits per heavy atom. The Morgan fingerprint density at radius 2 is 1.84 bits per heavy atom. The normalized spacial score (nSPS) is 21.7. The number of aliphatic hydroxyl groups excluding tert-OH is 1. The van der Waals surface area contributed by atoms with Crippen molar-refractivity contribution in [1.82, 2.24) is 10.3 Å². The van der Waals surface area contributed by atoms with E-state index in [1.54, 1.807) is 11.3 Å². The molecule has 2 heterocycles. The first-order valence-corrected chi connectivity index (χ1v) is 12.5. The van der Waals surface area contributed by atoms with Crippen molar-refractivity contribution in [2.24, 2.45) is 5.73 Å². The zero-order chi connectivity index (χ0) is 22.2. The second-order valence-corrected chi connectivity index (χ2v) is 11.5. The zero-order valence-corrected chi connectivity index (χ0v) is 20.3. The first-order valence-electron chi connectivity index (χ1n) is 11.7.